The van der Waals surface area contributed by atoms with Gasteiger partial charge in [0.15, 0.2) is 0 Å². The lowest BCUT2D eigenvalue weighted by Gasteiger charge is -2.05. The van der Waals surface area contributed by atoms with Crippen LogP contribution in [0.4, 0.5) is 0 Å². The minimum absolute atomic E-state index is 0.293. The molecule has 14 heavy (non-hydrogen) atoms. The van der Waals surface area contributed by atoms with Crippen molar-refractivity contribution in [1.29, 1.82) is 0 Å². The standard InChI is InChI=1S/C12H25NO/c1-2-3-4-5-6-7-8-9-10-12(14)11-13/h5-6,12,14H,2-4,7-11,13H2,1H3/b6-5+. The Bertz CT molecular complexity index is 134. The molecule has 0 aliphatic carbocycles. The molecule has 2 nitrogen and oxygen atoms in total. The average Bonchev–Trinajstić information content (AvgIpc) is 2.21. The van der Waals surface area contributed by atoms with Crippen molar-refractivity contribution in [3.8, 4) is 0 Å². The Morgan fingerprint density at radius 3 is 2.36 bits per heavy atom. The zero-order valence-corrected chi connectivity index (χ0v) is 9.41. The van der Waals surface area contributed by atoms with E-state index in [1.54, 1.807) is 0 Å². The van der Waals surface area contributed by atoms with Crippen LogP contribution in [-0.4, -0.2) is 17.8 Å². The fourth-order valence-electron chi connectivity index (χ4n) is 1.32. The van der Waals surface area contributed by atoms with Crippen LogP contribution in [0.1, 0.15) is 51.9 Å². The van der Waals surface area contributed by atoms with Crippen LogP contribution in [0, 0.1) is 0 Å². The number of hydrogen-bond donors (Lipinski definition) is 2. The molecule has 0 aromatic rings. The maximum atomic E-state index is 9.19. The van der Waals surface area contributed by atoms with Crippen LogP contribution in [0.5, 0.6) is 0 Å². The molecule has 1 unspecified atom stereocenters. The number of rotatable bonds is 9. The molecule has 0 bridgehead atoms. The van der Waals surface area contributed by atoms with Crippen LogP contribution in [0.15, 0.2) is 12.2 Å². The fourth-order valence-corrected chi connectivity index (χ4v) is 1.32. The van der Waals surface area contributed by atoms with E-state index in [4.69, 9.17) is 5.73 Å². The van der Waals surface area contributed by atoms with Crippen molar-refractivity contribution < 1.29 is 5.11 Å². The summed E-state index contributed by atoms with van der Waals surface area (Å²) in [5.41, 5.74) is 5.30. The van der Waals surface area contributed by atoms with Gasteiger partial charge in [0, 0.05) is 6.54 Å². The van der Waals surface area contributed by atoms with E-state index in [-0.39, 0.29) is 6.10 Å². The first-order valence-corrected chi connectivity index (χ1v) is 5.84. The van der Waals surface area contributed by atoms with Crippen molar-refractivity contribution in [2.24, 2.45) is 5.73 Å². The molecule has 0 saturated heterocycles. The highest BCUT2D eigenvalue weighted by Gasteiger charge is 1.98. The van der Waals surface area contributed by atoms with Gasteiger partial charge in [-0.05, 0) is 25.7 Å². The molecule has 0 aliphatic rings. The predicted octanol–water partition coefficient (Wildman–Crippen LogP) is 2.61. The molecule has 0 saturated carbocycles. The molecule has 0 heterocycles. The van der Waals surface area contributed by atoms with Crippen LogP contribution in [-0.2, 0) is 0 Å². The summed E-state index contributed by atoms with van der Waals surface area (Å²) in [6, 6.07) is 0. The van der Waals surface area contributed by atoms with Gasteiger partial charge in [-0.3, -0.25) is 0 Å². The van der Waals surface area contributed by atoms with Gasteiger partial charge in [0.05, 0.1) is 6.10 Å². The van der Waals surface area contributed by atoms with Gasteiger partial charge in [-0.1, -0.05) is 38.3 Å². The number of hydrogen-bond acceptors (Lipinski definition) is 2. The molecule has 0 aromatic heterocycles. The van der Waals surface area contributed by atoms with E-state index in [9.17, 15) is 5.11 Å². The first kappa shape index (κ1) is 13.7. The monoisotopic (exact) mass is 199 g/mol. The number of nitrogens with two attached hydrogens (primary N) is 1. The maximum absolute atomic E-state index is 9.19. The van der Waals surface area contributed by atoms with Crippen molar-refractivity contribution in [1.82, 2.24) is 0 Å². The van der Waals surface area contributed by atoms with Gasteiger partial charge in [-0.15, -0.1) is 0 Å². The zero-order chi connectivity index (χ0) is 10.6. The van der Waals surface area contributed by atoms with E-state index in [1.165, 1.54) is 25.7 Å². The van der Waals surface area contributed by atoms with E-state index in [1.807, 2.05) is 0 Å². The van der Waals surface area contributed by atoms with Gasteiger partial charge in [0.1, 0.15) is 0 Å². The summed E-state index contributed by atoms with van der Waals surface area (Å²) in [5, 5.41) is 9.19. The number of aliphatic hydroxyl groups is 1. The topological polar surface area (TPSA) is 46.2 Å². The van der Waals surface area contributed by atoms with Crippen molar-refractivity contribution in [3.63, 3.8) is 0 Å². The van der Waals surface area contributed by atoms with Crippen molar-refractivity contribution >= 4 is 0 Å². The second kappa shape index (κ2) is 10.7. The molecule has 0 fully saturated rings. The Balaban J connectivity index is 3.08. The third-order valence-electron chi connectivity index (χ3n) is 2.32. The Labute approximate surface area is 88.2 Å². The molecular weight excluding hydrogens is 174 g/mol. The van der Waals surface area contributed by atoms with E-state index in [0.29, 0.717) is 6.54 Å². The summed E-state index contributed by atoms with van der Waals surface area (Å²) < 4.78 is 0. The van der Waals surface area contributed by atoms with Gasteiger partial charge in [-0.2, -0.15) is 0 Å². The average molecular weight is 199 g/mol. The number of allylic oxidation sites excluding steroid dienone is 2. The summed E-state index contributed by atoms with van der Waals surface area (Å²) in [6.45, 7) is 2.61. The molecule has 0 spiro atoms. The highest BCUT2D eigenvalue weighted by molar-refractivity contribution is 4.81. The third-order valence-corrected chi connectivity index (χ3v) is 2.32. The van der Waals surface area contributed by atoms with E-state index < -0.39 is 0 Å². The fraction of sp³-hybridized carbons (Fsp3) is 0.833. The van der Waals surface area contributed by atoms with Crippen LogP contribution in [0.3, 0.4) is 0 Å². The summed E-state index contributed by atoms with van der Waals surface area (Å²) in [7, 11) is 0. The summed E-state index contributed by atoms with van der Waals surface area (Å²) in [6.07, 6.45) is 12.2. The molecule has 1 atom stereocenters. The van der Waals surface area contributed by atoms with E-state index in [2.05, 4.69) is 19.1 Å². The van der Waals surface area contributed by atoms with Gasteiger partial charge in [0.25, 0.3) is 0 Å². The Hall–Kier alpha value is -0.340. The summed E-state index contributed by atoms with van der Waals surface area (Å²) in [5.74, 6) is 0. The van der Waals surface area contributed by atoms with Crippen molar-refractivity contribution in [2.45, 2.75) is 58.0 Å². The highest BCUT2D eigenvalue weighted by Crippen LogP contribution is 2.04. The van der Waals surface area contributed by atoms with Gasteiger partial charge >= 0.3 is 0 Å². The predicted molar refractivity (Wildman–Crippen MR) is 62.2 cm³/mol. The maximum Gasteiger partial charge on any atom is 0.0662 e. The normalized spacial score (nSPS) is 13.6. The Morgan fingerprint density at radius 1 is 1.14 bits per heavy atom. The second-order valence-corrected chi connectivity index (χ2v) is 3.79. The van der Waals surface area contributed by atoms with Crippen LogP contribution >= 0.6 is 0 Å². The lowest BCUT2D eigenvalue weighted by atomic mass is 10.1. The molecule has 0 rings (SSSR count). The van der Waals surface area contributed by atoms with Crippen LogP contribution in [0.2, 0.25) is 0 Å². The molecule has 0 radical (unpaired) electrons. The molecule has 84 valence electrons. The Kier molecular flexibility index (Phi) is 10.5. The first-order valence-electron chi connectivity index (χ1n) is 5.84. The highest BCUT2D eigenvalue weighted by atomic mass is 16.3. The molecule has 0 amide bonds. The smallest absolute Gasteiger partial charge is 0.0662 e. The van der Waals surface area contributed by atoms with E-state index in [0.717, 1.165) is 19.3 Å². The van der Waals surface area contributed by atoms with Gasteiger partial charge in [-0.25, -0.2) is 0 Å². The quantitative estimate of drug-likeness (QED) is 0.443. The first-order chi connectivity index (χ1) is 6.81. The lowest BCUT2D eigenvalue weighted by Crippen LogP contribution is -2.19. The molecule has 3 N–H and O–H groups in total. The van der Waals surface area contributed by atoms with Crippen LogP contribution in [0.25, 0.3) is 0 Å². The molecule has 0 aromatic carbocycles. The van der Waals surface area contributed by atoms with Crippen LogP contribution < -0.4 is 5.73 Å². The second-order valence-electron chi connectivity index (χ2n) is 3.79. The van der Waals surface area contributed by atoms with Crippen molar-refractivity contribution in [3.05, 3.63) is 12.2 Å². The van der Waals surface area contributed by atoms with Gasteiger partial charge < -0.3 is 10.8 Å². The molecular formula is C12H25NO. The summed E-state index contributed by atoms with van der Waals surface area (Å²) >= 11 is 0. The van der Waals surface area contributed by atoms with Crippen molar-refractivity contribution in [2.75, 3.05) is 6.54 Å². The zero-order valence-electron chi connectivity index (χ0n) is 9.41. The SMILES string of the molecule is CCCC/C=C/CCCCC(O)CN. The molecule has 2 heteroatoms. The Morgan fingerprint density at radius 2 is 1.79 bits per heavy atom. The largest absolute Gasteiger partial charge is 0.392 e. The minimum atomic E-state index is -0.293. The minimum Gasteiger partial charge on any atom is -0.392 e. The lowest BCUT2D eigenvalue weighted by molar-refractivity contribution is 0.169. The number of unbranched alkanes of at least 4 members (excludes halogenated alkanes) is 4. The summed E-state index contributed by atoms with van der Waals surface area (Å²) in [4.78, 5) is 0. The van der Waals surface area contributed by atoms with Gasteiger partial charge in [0.2, 0.25) is 0 Å². The van der Waals surface area contributed by atoms with E-state index >= 15 is 0 Å². The molecule has 0 aliphatic heterocycles. The third kappa shape index (κ3) is 9.75. The number of aliphatic hydroxyl groups excluding tert-OH is 1.